The number of hydrogen-bond acceptors (Lipinski definition) is 5. The van der Waals surface area contributed by atoms with E-state index in [-0.39, 0.29) is 21.7 Å². The highest BCUT2D eigenvalue weighted by molar-refractivity contribution is 5.86. The molecule has 0 saturated heterocycles. The average Bonchev–Trinajstić information content (AvgIpc) is 0.717. The first kappa shape index (κ1) is 93.9. The number of nitrogens with zero attached hydrogens (tertiary/aromatic N) is 5. The van der Waals surface area contributed by atoms with Gasteiger partial charge in [-0.05, 0) is 247 Å². The van der Waals surface area contributed by atoms with Crippen LogP contribution >= 0.6 is 0 Å². The molecule has 0 spiro atoms. The minimum atomic E-state index is -0.290. The smallest absolute Gasteiger partial charge is 0.287 e. The molecule has 696 valence electrons. The quantitative estimate of drug-likeness (QED) is 0.0756. The van der Waals surface area contributed by atoms with Crippen LogP contribution in [-0.2, 0) is 27.1 Å². The molecule has 14 aliphatic rings. The fourth-order valence-corrected chi connectivity index (χ4v) is 26.5. The molecule has 8 aromatic carbocycles. The van der Waals surface area contributed by atoms with Crippen molar-refractivity contribution in [3.8, 4) is 28.7 Å². The van der Waals surface area contributed by atoms with Crippen LogP contribution in [-0.4, -0.2) is 118 Å². The fourth-order valence-electron chi connectivity index (χ4n) is 26.5. The molecule has 4 bridgehead atoms. The Morgan fingerprint density at radius 1 is 0.305 bits per heavy atom. The van der Waals surface area contributed by atoms with Crippen LogP contribution in [0.15, 0.2) is 164 Å². The molecule has 5 heterocycles. The van der Waals surface area contributed by atoms with E-state index in [2.05, 4.69) is 335 Å². The molecule has 10 heteroatoms. The van der Waals surface area contributed by atoms with E-state index in [0.717, 1.165) is 89.9 Å². The van der Waals surface area contributed by atoms with Crippen molar-refractivity contribution in [3.63, 3.8) is 0 Å². The third-order valence-corrected chi connectivity index (χ3v) is 35.0. The first-order valence-electron chi connectivity index (χ1n) is 52.2. The standard InChI is InChI=1S/C29H32NO.C26H36NO.C25H32NO.C25H40NO.C16H22NO/c1-22-12-9-10-19-27(22)30-20-23-13-11-18-26(28(23)31-21-30)29(2,24-14-5-3-6-15-24)25-16-7-4-8-17-25;1-17-7-22-15-27(24-6-4-3-5-18(24)2)16-28-25(22)23(8-17)26-12-19-9-20(13-26)11-21(10-19)14-26;1-18-14-20-16-26(23-13-9-8-10-19(23)2)17-27-24(20)22(15-18)25(3,4)21-11-6-5-7-12-21;1-8-24(4,5)20-14-19-16-26(22-13-11-10-12-18(22)3)17-27-23(19)21(15-20)25(6,7)9-2;1-12-6-3-4-9-15(12)17-10-14-8-5-7-13(2)16(14)18-11-17/h3-8,11,13-18,20,22,27H,9-10,12,19,21H2,1-2H3;7-8,15,18-21,24H,3-6,9-14,16H2,1-2H3;5-7,11-12,14-16,19,23H,8-10,13,17H2,1-4H3;14-16,18,22H,8-13,17H2,1-7H3;5,7-8,10,12,15H,3-4,6,9,11H2,1-2H3/q5*+1. The molecule has 0 aromatic heterocycles. The molecule has 8 aromatic rings. The van der Waals surface area contributed by atoms with Crippen LogP contribution in [0.4, 0.5) is 0 Å². The number of fused-ring (bicyclic) bond motifs is 5. The number of aryl methyl sites for hydroxylation is 3. The van der Waals surface area contributed by atoms with Gasteiger partial charge in [-0.1, -0.05) is 256 Å². The molecule has 10 unspecified atom stereocenters. The van der Waals surface area contributed by atoms with Crippen molar-refractivity contribution in [1.82, 2.24) is 0 Å². The Labute approximate surface area is 790 Å². The van der Waals surface area contributed by atoms with Crippen molar-refractivity contribution in [2.45, 2.75) is 355 Å². The highest BCUT2D eigenvalue weighted by atomic mass is 16.5. The molecule has 10 nitrogen and oxygen atoms in total. The van der Waals surface area contributed by atoms with Gasteiger partial charge < -0.3 is 23.7 Å². The molecule has 9 saturated carbocycles. The van der Waals surface area contributed by atoms with E-state index in [1.165, 1.54) is 256 Å². The van der Waals surface area contributed by atoms with Gasteiger partial charge in [0.15, 0.2) is 61.3 Å². The van der Waals surface area contributed by atoms with Gasteiger partial charge in [0, 0.05) is 94.8 Å². The summed E-state index contributed by atoms with van der Waals surface area (Å²) in [6.07, 6.45) is 49.8. The minimum absolute atomic E-state index is 0.0918. The molecule has 9 aliphatic carbocycles. The molecule has 0 amide bonds. The lowest BCUT2D eigenvalue weighted by atomic mass is 9.48. The summed E-state index contributed by atoms with van der Waals surface area (Å²) in [7, 11) is 0. The summed E-state index contributed by atoms with van der Waals surface area (Å²) in [5, 5.41) is 0. The van der Waals surface area contributed by atoms with Crippen molar-refractivity contribution in [2.75, 3.05) is 33.7 Å². The third-order valence-electron chi connectivity index (χ3n) is 35.0. The maximum Gasteiger partial charge on any atom is 0.287 e. The van der Waals surface area contributed by atoms with Crippen LogP contribution in [0.2, 0.25) is 0 Å². The van der Waals surface area contributed by atoms with Gasteiger partial charge in [-0.15, -0.1) is 0 Å². The van der Waals surface area contributed by atoms with Crippen LogP contribution in [0.25, 0.3) is 0 Å². The molecule has 10 atom stereocenters. The van der Waals surface area contributed by atoms with Crippen molar-refractivity contribution in [1.29, 1.82) is 0 Å². The third kappa shape index (κ3) is 20.1. The van der Waals surface area contributed by atoms with Gasteiger partial charge in [0.2, 0.25) is 0 Å². The Balaban J connectivity index is 0.000000116. The number of ether oxygens (including phenoxy) is 5. The van der Waals surface area contributed by atoms with Crippen LogP contribution in [0.3, 0.4) is 0 Å². The summed E-state index contributed by atoms with van der Waals surface area (Å²) in [5.41, 5.74) is 21.4. The number of hydrogen-bond donors (Lipinski definition) is 0. The Morgan fingerprint density at radius 3 is 1.05 bits per heavy atom. The van der Waals surface area contributed by atoms with E-state index in [9.17, 15) is 0 Å². The van der Waals surface area contributed by atoms with Crippen LogP contribution in [0, 0.1) is 68.1 Å². The zero-order chi connectivity index (χ0) is 91.5. The summed E-state index contributed by atoms with van der Waals surface area (Å²) >= 11 is 0. The lowest BCUT2D eigenvalue weighted by Gasteiger charge is -2.57. The second-order valence-corrected chi connectivity index (χ2v) is 45.4. The second kappa shape index (κ2) is 40.3. The van der Waals surface area contributed by atoms with Crippen molar-refractivity contribution < 1.29 is 46.6 Å². The fraction of sp³-hybridized carbons (Fsp3) is 0.562. The summed E-state index contributed by atoms with van der Waals surface area (Å²) in [6, 6.07) is 62.8. The molecular weight excluding hydrogens is 1600 g/mol. The van der Waals surface area contributed by atoms with Crippen LogP contribution < -0.4 is 23.7 Å². The van der Waals surface area contributed by atoms with E-state index in [0.29, 0.717) is 62.5 Å². The normalized spacial score (nSPS) is 27.0. The first-order chi connectivity index (χ1) is 63.2. The maximum absolute atomic E-state index is 6.61. The zero-order valence-corrected chi connectivity index (χ0v) is 83.6. The minimum Gasteiger partial charge on any atom is -0.435 e. The van der Waals surface area contributed by atoms with Gasteiger partial charge in [0.25, 0.3) is 33.7 Å². The van der Waals surface area contributed by atoms with Crippen LogP contribution in [0.5, 0.6) is 28.7 Å². The molecule has 0 N–H and O–H groups in total. The average molecular weight is 1770 g/mol. The van der Waals surface area contributed by atoms with E-state index in [1.807, 2.05) is 0 Å². The molecular formula is C121H162N5O5+5. The Hall–Kier alpha value is -8.89. The largest absolute Gasteiger partial charge is 0.435 e. The molecule has 131 heavy (non-hydrogen) atoms. The summed E-state index contributed by atoms with van der Waals surface area (Å²) < 4.78 is 44.3. The second-order valence-electron chi connectivity index (χ2n) is 45.4. The van der Waals surface area contributed by atoms with E-state index < -0.39 is 0 Å². The maximum atomic E-state index is 6.61. The topological polar surface area (TPSA) is 61.2 Å². The molecule has 0 radical (unpaired) electrons. The number of benzene rings is 8. The monoisotopic (exact) mass is 1770 g/mol. The highest BCUT2D eigenvalue weighted by Gasteiger charge is 2.54. The van der Waals surface area contributed by atoms with Gasteiger partial charge in [0.05, 0.1) is 27.8 Å². The summed E-state index contributed by atoms with van der Waals surface area (Å²) in [4.78, 5) is 0. The Bertz CT molecular complexity index is 5400. The van der Waals surface area contributed by atoms with E-state index in [4.69, 9.17) is 23.7 Å². The first-order valence-corrected chi connectivity index (χ1v) is 52.2. The summed E-state index contributed by atoms with van der Waals surface area (Å²) in [6.45, 7) is 43.0. The van der Waals surface area contributed by atoms with Gasteiger partial charge in [-0.2, -0.15) is 22.9 Å². The van der Waals surface area contributed by atoms with Gasteiger partial charge >= 0.3 is 0 Å². The Kier molecular flexibility index (Phi) is 28.9. The van der Waals surface area contributed by atoms with Gasteiger partial charge in [-0.3, -0.25) is 0 Å². The summed E-state index contributed by atoms with van der Waals surface area (Å²) in [5.74, 6) is 12.2. The van der Waals surface area contributed by atoms with Gasteiger partial charge in [-0.25, -0.2) is 0 Å². The highest BCUT2D eigenvalue weighted by Crippen LogP contribution is 2.63. The lowest BCUT2D eigenvalue weighted by Crippen LogP contribution is -2.49. The predicted molar refractivity (Wildman–Crippen MR) is 542 cm³/mol. The van der Waals surface area contributed by atoms with E-state index >= 15 is 0 Å². The number of para-hydroxylation sites is 2. The molecule has 5 aliphatic heterocycles. The molecule has 22 rings (SSSR count). The molecule has 9 fully saturated rings. The predicted octanol–water partition coefficient (Wildman–Crippen LogP) is 27.7. The van der Waals surface area contributed by atoms with Crippen molar-refractivity contribution in [3.05, 3.63) is 253 Å². The SMILES string of the molecule is CC1CCCCC1[N+]1=Cc2cccc(C(C)(c3ccccc3)c3ccccc3)c2OC1.CCC(C)(C)c1cc2c(c(C(C)(C)CC)c1)OC[N+](C1CCCCC1C)=C2.Cc1cc2c(c(C(C)(C)c3ccccc3)c1)OC[N+](C1CCCCC1C)=C2.Cc1cc2c(c(C34CC5CC(CC(C5)C3)C4)c1)OC[N+](C1CCCCC1C)=C2.Cc1cccc2c1OC[N+](C1CCCCC1C)=C2. The lowest BCUT2D eigenvalue weighted by molar-refractivity contribution is -0.601. The van der Waals surface area contributed by atoms with Crippen molar-refractivity contribution >= 4 is 31.1 Å². The van der Waals surface area contributed by atoms with Crippen LogP contribution in [0.1, 0.15) is 366 Å². The Morgan fingerprint density at radius 2 is 0.641 bits per heavy atom. The van der Waals surface area contributed by atoms with Crippen molar-refractivity contribution in [2.24, 2.45) is 47.3 Å². The number of rotatable bonds is 15. The van der Waals surface area contributed by atoms with E-state index in [1.54, 1.807) is 5.56 Å². The zero-order valence-electron chi connectivity index (χ0n) is 83.6. The van der Waals surface area contributed by atoms with Gasteiger partial charge in [0.1, 0.15) is 28.7 Å².